The zero-order chi connectivity index (χ0) is 17.6. The Morgan fingerprint density at radius 3 is 2.62 bits per heavy atom. The van der Waals surface area contributed by atoms with Crippen LogP contribution in [0.3, 0.4) is 0 Å². The highest BCUT2D eigenvalue weighted by atomic mass is 16.6. The van der Waals surface area contributed by atoms with Gasteiger partial charge in [-0.2, -0.15) is 0 Å². The van der Waals surface area contributed by atoms with E-state index in [1.54, 1.807) is 0 Å². The van der Waals surface area contributed by atoms with Crippen LogP contribution in [0.5, 0.6) is 5.88 Å². The average molecular weight is 335 g/mol. The lowest BCUT2D eigenvalue weighted by molar-refractivity contribution is -0.195. The molecule has 3 fully saturated rings. The summed E-state index contributed by atoms with van der Waals surface area (Å²) in [6.07, 6.45) is 4.78. The van der Waals surface area contributed by atoms with Gasteiger partial charge in [0.25, 0.3) is 0 Å². The van der Waals surface area contributed by atoms with Crippen molar-refractivity contribution in [2.75, 3.05) is 13.7 Å². The van der Waals surface area contributed by atoms with Crippen molar-refractivity contribution in [1.29, 1.82) is 0 Å². The highest BCUT2D eigenvalue weighted by molar-refractivity contribution is 5.84. The summed E-state index contributed by atoms with van der Waals surface area (Å²) in [5.74, 6) is 0.221. The van der Waals surface area contributed by atoms with Gasteiger partial charge in [0.1, 0.15) is 11.2 Å². The first-order valence-corrected chi connectivity index (χ1v) is 8.27. The second-order valence-corrected chi connectivity index (χ2v) is 7.70. The van der Waals surface area contributed by atoms with Crippen molar-refractivity contribution >= 4 is 5.97 Å². The van der Waals surface area contributed by atoms with E-state index >= 15 is 0 Å². The van der Waals surface area contributed by atoms with Crippen molar-refractivity contribution in [2.24, 2.45) is 5.92 Å². The molecule has 4 rings (SSSR count). The molecule has 3 atom stereocenters. The molecule has 2 bridgehead atoms. The summed E-state index contributed by atoms with van der Waals surface area (Å²) in [5, 5.41) is 14.8. The predicted molar refractivity (Wildman–Crippen MR) is 86.4 cm³/mol. The monoisotopic (exact) mass is 335 g/mol. The van der Waals surface area contributed by atoms with Gasteiger partial charge in [-0.1, -0.05) is 0 Å². The maximum absolute atomic E-state index is 13.0. The number of esters is 1. The van der Waals surface area contributed by atoms with Gasteiger partial charge in [0.05, 0.1) is 25.2 Å². The summed E-state index contributed by atoms with van der Waals surface area (Å²) in [6.45, 7) is 6.15. The summed E-state index contributed by atoms with van der Waals surface area (Å²) in [7, 11) is 1.50. The van der Waals surface area contributed by atoms with Gasteiger partial charge < -0.3 is 14.6 Å². The number of nitrogens with one attached hydrogen (secondary N) is 1. The molecule has 24 heavy (non-hydrogen) atoms. The fraction of sp³-hybridized carbons (Fsp3) is 0.706. The number of aromatic nitrogens is 2. The van der Waals surface area contributed by atoms with E-state index in [2.05, 4.69) is 15.3 Å². The minimum absolute atomic E-state index is 0.295. The van der Waals surface area contributed by atoms with Gasteiger partial charge >= 0.3 is 5.97 Å². The van der Waals surface area contributed by atoms with Crippen molar-refractivity contribution in [2.45, 2.75) is 56.8 Å². The molecule has 3 unspecified atom stereocenters. The Labute approximate surface area is 141 Å². The van der Waals surface area contributed by atoms with Gasteiger partial charge in [0.2, 0.25) is 5.88 Å². The SMILES string of the molecule is COc1cnc(C2(O)CC3CCC2(C(=O)OC(C)(C)C)NC3)cn1. The minimum atomic E-state index is -1.45. The van der Waals surface area contributed by atoms with Crippen LogP contribution in [0.4, 0.5) is 0 Å². The Kier molecular flexibility index (Phi) is 4.04. The number of nitrogens with zero attached hydrogens (tertiary/aromatic N) is 2. The van der Waals surface area contributed by atoms with E-state index < -0.39 is 22.7 Å². The third-order valence-electron chi connectivity index (χ3n) is 4.92. The number of rotatable bonds is 3. The first-order chi connectivity index (χ1) is 11.2. The van der Waals surface area contributed by atoms with Crippen LogP contribution < -0.4 is 10.1 Å². The molecule has 1 aromatic rings. The summed E-state index contributed by atoms with van der Waals surface area (Å²) < 4.78 is 10.7. The fourth-order valence-corrected chi connectivity index (χ4v) is 3.72. The first kappa shape index (κ1) is 17.1. The van der Waals surface area contributed by atoms with Crippen molar-refractivity contribution < 1.29 is 19.4 Å². The molecule has 0 radical (unpaired) electrons. The normalized spacial score (nSPS) is 32.5. The maximum atomic E-state index is 13.0. The molecule has 0 spiro atoms. The smallest absolute Gasteiger partial charge is 0.330 e. The summed E-state index contributed by atoms with van der Waals surface area (Å²) in [4.78, 5) is 21.4. The molecular weight excluding hydrogens is 310 g/mol. The van der Waals surface area contributed by atoms with Crippen molar-refractivity contribution in [1.82, 2.24) is 15.3 Å². The molecule has 2 saturated heterocycles. The number of piperidine rings is 2. The van der Waals surface area contributed by atoms with Crippen LogP contribution in [0.15, 0.2) is 12.4 Å². The second-order valence-electron chi connectivity index (χ2n) is 7.70. The molecule has 1 saturated carbocycles. The molecule has 2 N–H and O–H groups in total. The van der Waals surface area contributed by atoms with Gasteiger partial charge in [-0.25, -0.2) is 9.78 Å². The molecule has 7 heteroatoms. The molecule has 0 aromatic carbocycles. The summed E-state index contributed by atoms with van der Waals surface area (Å²) >= 11 is 0. The third-order valence-corrected chi connectivity index (χ3v) is 4.92. The van der Waals surface area contributed by atoms with Crippen LogP contribution in [0.25, 0.3) is 0 Å². The lowest BCUT2D eigenvalue weighted by Gasteiger charge is -2.55. The highest BCUT2D eigenvalue weighted by Crippen LogP contribution is 2.50. The molecule has 1 aliphatic carbocycles. The van der Waals surface area contributed by atoms with E-state index in [-0.39, 0.29) is 0 Å². The van der Waals surface area contributed by atoms with E-state index in [9.17, 15) is 9.90 Å². The van der Waals surface area contributed by atoms with Crippen molar-refractivity contribution in [3.8, 4) is 5.88 Å². The highest BCUT2D eigenvalue weighted by Gasteiger charge is 2.64. The zero-order valence-electron chi connectivity index (χ0n) is 14.6. The van der Waals surface area contributed by atoms with Gasteiger partial charge in [0, 0.05) is 0 Å². The molecule has 3 aliphatic rings. The number of fused-ring (bicyclic) bond motifs is 3. The zero-order valence-corrected chi connectivity index (χ0v) is 14.6. The molecule has 2 aliphatic heterocycles. The van der Waals surface area contributed by atoms with Crippen molar-refractivity contribution in [3.63, 3.8) is 0 Å². The third kappa shape index (κ3) is 2.65. The van der Waals surface area contributed by atoms with Crippen LogP contribution in [-0.4, -0.2) is 45.8 Å². The Morgan fingerprint density at radius 2 is 2.12 bits per heavy atom. The average Bonchev–Trinajstić information content (AvgIpc) is 2.54. The lowest BCUT2D eigenvalue weighted by atomic mass is 9.60. The summed E-state index contributed by atoms with van der Waals surface area (Å²) in [5.41, 5.74) is -2.91. The van der Waals surface area contributed by atoms with E-state index in [0.29, 0.717) is 36.9 Å². The summed E-state index contributed by atoms with van der Waals surface area (Å²) in [6, 6.07) is 0. The number of aliphatic hydroxyl groups is 1. The van der Waals surface area contributed by atoms with Crippen LogP contribution >= 0.6 is 0 Å². The Balaban J connectivity index is 2.01. The van der Waals surface area contributed by atoms with Gasteiger partial charge in [0.15, 0.2) is 5.54 Å². The molecule has 3 heterocycles. The molecule has 1 aromatic heterocycles. The van der Waals surface area contributed by atoms with Crippen LogP contribution in [-0.2, 0) is 15.1 Å². The Morgan fingerprint density at radius 1 is 1.38 bits per heavy atom. The van der Waals surface area contributed by atoms with Gasteiger partial charge in [-0.3, -0.25) is 10.3 Å². The maximum Gasteiger partial charge on any atom is 0.330 e. The van der Waals surface area contributed by atoms with E-state index in [0.717, 1.165) is 6.42 Å². The largest absolute Gasteiger partial charge is 0.480 e. The first-order valence-electron chi connectivity index (χ1n) is 8.27. The van der Waals surface area contributed by atoms with E-state index in [1.165, 1.54) is 19.5 Å². The molecule has 7 nitrogen and oxygen atoms in total. The van der Waals surface area contributed by atoms with Crippen LogP contribution in [0.2, 0.25) is 0 Å². The predicted octanol–water partition coefficient (Wildman–Crippen LogP) is 1.16. The minimum Gasteiger partial charge on any atom is -0.480 e. The molecular formula is C17H25N3O4. The topological polar surface area (TPSA) is 93.6 Å². The number of hydrogen-bond donors (Lipinski definition) is 2. The number of hydrogen-bond acceptors (Lipinski definition) is 7. The standard InChI is InChI=1S/C17H25N3O4/c1-15(2,3)24-14(21)16-6-5-11(8-20-16)7-17(16,22)12-9-19-13(23-4)10-18-12/h9-11,20,22H,5-8H2,1-4H3. The van der Waals surface area contributed by atoms with Gasteiger partial charge in [-0.15, -0.1) is 0 Å². The quantitative estimate of drug-likeness (QED) is 0.801. The van der Waals surface area contributed by atoms with E-state index in [4.69, 9.17) is 9.47 Å². The van der Waals surface area contributed by atoms with Crippen molar-refractivity contribution in [3.05, 3.63) is 18.1 Å². The Hall–Kier alpha value is -1.73. The van der Waals surface area contributed by atoms with Crippen LogP contribution in [0.1, 0.15) is 45.7 Å². The van der Waals surface area contributed by atoms with Crippen LogP contribution in [0, 0.1) is 5.92 Å². The Bertz CT molecular complexity index is 618. The molecule has 0 amide bonds. The number of ether oxygens (including phenoxy) is 2. The second kappa shape index (κ2) is 5.67. The van der Waals surface area contributed by atoms with E-state index in [1.807, 2.05) is 20.8 Å². The number of methoxy groups -OCH3 is 1. The number of carbonyl (C=O) groups excluding carboxylic acids is 1. The fourth-order valence-electron chi connectivity index (χ4n) is 3.72. The molecule has 132 valence electrons. The number of carbonyl (C=O) groups is 1. The van der Waals surface area contributed by atoms with Gasteiger partial charge in [-0.05, 0) is 52.5 Å². The lowest BCUT2D eigenvalue weighted by Crippen LogP contribution is -2.74.